The first-order valence-corrected chi connectivity index (χ1v) is 8.12. The molecule has 0 aliphatic carbocycles. The molecular formula is C18H26N2O4. The van der Waals surface area contributed by atoms with Gasteiger partial charge in [-0.1, -0.05) is 6.92 Å². The standard InChI is InChI=1S/C18H26N2O4/c1-5-19-10-12-20(13-11-19)16(21)9-7-14-6-8-15(22-2)18(24-4)17(14)23-3/h6-9H,5,10-13H2,1-4H3. The highest BCUT2D eigenvalue weighted by molar-refractivity contribution is 5.92. The monoisotopic (exact) mass is 334 g/mol. The second kappa shape index (κ2) is 8.59. The topological polar surface area (TPSA) is 51.2 Å². The molecule has 0 unspecified atom stereocenters. The first-order chi connectivity index (χ1) is 11.6. The molecule has 1 saturated heterocycles. The van der Waals surface area contributed by atoms with Gasteiger partial charge in [-0.2, -0.15) is 0 Å². The fourth-order valence-electron chi connectivity index (χ4n) is 2.81. The predicted octanol–water partition coefficient (Wildman–Crippen LogP) is 1.89. The zero-order valence-corrected chi connectivity index (χ0v) is 14.9. The van der Waals surface area contributed by atoms with Crippen LogP contribution in [0.2, 0.25) is 0 Å². The number of rotatable bonds is 6. The van der Waals surface area contributed by atoms with Gasteiger partial charge in [0, 0.05) is 37.8 Å². The van der Waals surface area contributed by atoms with Crippen LogP contribution in [0.25, 0.3) is 6.08 Å². The van der Waals surface area contributed by atoms with Crippen molar-refractivity contribution in [2.24, 2.45) is 0 Å². The van der Waals surface area contributed by atoms with E-state index >= 15 is 0 Å². The lowest BCUT2D eigenvalue weighted by molar-refractivity contribution is -0.127. The Bertz CT molecular complexity index is 593. The Labute approximate surface area is 143 Å². The molecule has 1 fully saturated rings. The van der Waals surface area contributed by atoms with E-state index in [0.29, 0.717) is 17.2 Å². The van der Waals surface area contributed by atoms with E-state index < -0.39 is 0 Å². The Hall–Kier alpha value is -2.21. The molecule has 0 N–H and O–H groups in total. The van der Waals surface area contributed by atoms with Gasteiger partial charge in [0.2, 0.25) is 11.7 Å². The summed E-state index contributed by atoms with van der Waals surface area (Å²) in [6, 6.07) is 3.64. The Kier molecular flexibility index (Phi) is 6.49. The quantitative estimate of drug-likeness (QED) is 0.744. The molecule has 1 aromatic carbocycles. The van der Waals surface area contributed by atoms with Crippen molar-refractivity contribution < 1.29 is 19.0 Å². The number of piperazine rings is 1. The first-order valence-electron chi connectivity index (χ1n) is 8.12. The number of likely N-dealkylation sites (N-methyl/N-ethyl adjacent to an activating group) is 1. The van der Waals surface area contributed by atoms with Crippen LogP contribution < -0.4 is 14.2 Å². The zero-order valence-electron chi connectivity index (χ0n) is 14.9. The molecule has 1 amide bonds. The number of methoxy groups -OCH3 is 3. The molecular weight excluding hydrogens is 308 g/mol. The molecule has 1 heterocycles. The highest BCUT2D eigenvalue weighted by atomic mass is 16.5. The van der Waals surface area contributed by atoms with Gasteiger partial charge in [-0.25, -0.2) is 0 Å². The molecule has 0 atom stereocenters. The van der Waals surface area contributed by atoms with Crippen molar-refractivity contribution in [3.63, 3.8) is 0 Å². The van der Waals surface area contributed by atoms with Crippen molar-refractivity contribution >= 4 is 12.0 Å². The maximum absolute atomic E-state index is 12.4. The normalized spacial score (nSPS) is 15.6. The van der Waals surface area contributed by atoms with E-state index in [9.17, 15) is 4.79 Å². The lowest BCUT2D eigenvalue weighted by Crippen LogP contribution is -2.48. The molecule has 6 nitrogen and oxygen atoms in total. The number of nitrogens with zero attached hydrogens (tertiary/aromatic N) is 2. The molecule has 0 radical (unpaired) electrons. The van der Waals surface area contributed by atoms with Gasteiger partial charge < -0.3 is 24.0 Å². The van der Waals surface area contributed by atoms with Crippen LogP contribution in [0.15, 0.2) is 18.2 Å². The molecule has 0 aromatic heterocycles. The first kappa shape index (κ1) is 18.1. The number of carbonyl (C=O) groups excluding carboxylic acids is 1. The van der Waals surface area contributed by atoms with E-state index in [0.717, 1.165) is 38.3 Å². The maximum Gasteiger partial charge on any atom is 0.246 e. The highest BCUT2D eigenvalue weighted by Crippen LogP contribution is 2.40. The third kappa shape index (κ3) is 4.00. The van der Waals surface area contributed by atoms with Gasteiger partial charge >= 0.3 is 0 Å². The predicted molar refractivity (Wildman–Crippen MR) is 93.8 cm³/mol. The summed E-state index contributed by atoms with van der Waals surface area (Å²) in [7, 11) is 4.71. The Balaban J connectivity index is 2.12. The largest absolute Gasteiger partial charge is 0.493 e. The van der Waals surface area contributed by atoms with E-state index in [1.54, 1.807) is 39.5 Å². The lowest BCUT2D eigenvalue weighted by Gasteiger charge is -2.33. The number of hydrogen-bond acceptors (Lipinski definition) is 5. The maximum atomic E-state index is 12.4. The van der Waals surface area contributed by atoms with Crippen LogP contribution in [0.5, 0.6) is 17.2 Å². The molecule has 0 bridgehead atoms. The van der Waals surface area contributed by atoms with E-state index in [1.807, 2.05) is 11.0 Å². The summed E-state index contributed by atoms with van der Waals surface area (Å²) in [5.74, 6) is 1.68. The van der Waals surface area contributed by atoms with Gasteiger partial charge in [0.05, 0.1) is 21.3 Å². The fourth-order valence-corrected chi connectivity index (χ4v) is 2.81. The summed E-state index contributed by atoms with van der Waals surface area (Å²) in [4.78, 5) is 16.6. The van der Waals surface area contributed by atoms with Crippen LogP contribution in [0.4, 0.5) is 0 Å². The zero-order chi connectivity index (χ0) is 17.5. The van der Waals surface area contributed by atoms with Gasteiger partial charge in [-0.3, -0.25) is 4.79 Å². The van der Waals surface area contributed by atoms with Crippen molar-refractivity contribution in [1.29, 1.82) is 0 Å². The molecule has 2 rings (SSSR count). The van der Waals surface area contributed by atoms with Crippen LogP contribution in [0, 0.1) is 0 Å². The summed E-state index contributed by atoms with van der Waals surface area (Å²) in [5, 5.41) is 0. The van der Waals surface area contributed by atoms with Crippen LogP contribution in [0.3, 0.4) is 0 Å². The smallest absolute Gasteiger partial charge is 0.246 e. The van der Waals surface area contributed by atoms with E-state index in [1.165, 1.54) is 0 Å². The Morgan fingerprint density at radius 3 is 2.25 bits per heavy atom. The third-order valence-corrected chi connectivity index (χ3v) is 4.27. The van der Waals surface area contributed by atoms with Gasteiger partial charge in [0.25, 0.3) is 0 Å². The minimum absolute atomic E-state index is 0.0163. The van der Waals surface area contributed by atoms with Crippen molar-refractivity contribution in [3.8, 4) is 17.2 Å². The number of benzene rings is 1. The SMILES string of the molecule is CCN1CCN(C(=O)C=Cc2ccc(OC)c(OC)c2OC)CC1. The lowest BCUT2D eigenvalue weighted by atomic mass is 10.1. The summed E-state index contributed by atoms with van der Waals surface area (Å²) in [6.45, 7) is 6.55. The fraction of sp³-hybridized carbons (Fsp3) is 0.500. The summed E-state index contributed by atoms with van der Waals surface area (Å²) < 4.78 is 16.1. The van der Waals surface area contributed by atoms with Crippen molar-refractivity contribution in [1.82, 2.24) is 9.80 Å². The number of hydrogen-bond donors (Lipinski definition) is 0. The highest BCUT2D eigenvalue weighted by Gasteiger charge is 2.19. The van der Waals surface area contributed by atoms with Crippen LogP contribution in [-0.2, 0) is 4.79 Å². The van der Waals surface area contributed by atoms with Gasteiger partial charge in [0.15, 0.2) is 11.5 Å². The summed E-state index contributed by atoms with van der Waals surface area (Å²) in [5.41, 5.74) is 0.774. The second-order valence-electron chi connectivity index (χ2n) is 5.52. The van der Waals surface area contributed by atoms with E-state index in [4.69, 9.17) is 14.2 Å². The number of amides is 1. The van der Waals surface area contributed by atoms with Crippen LogP contribution in [0.1, 0.15) is 12.5 Å². The van der Waals surface area contributed by atoms with Crippen molar-refractivity contribution in [2.75, 3.05) is 54.1 Å². The Morgan fingerprint density at radius 1 is 1.04 bits per heavy atom. The third-order valence-electron chi connectivity index (χ3n) is 4.27. The summed E-state index contributed by atoms with van der Waals surface area (Å²) >= 11 is 0. The minimum atomic E-state index is 0.0163. The summed E-state index contributed by atoms with van der Waals surface area (Å²) in [6.07, 6.45) is 3.35. The molecule has 0 saturated carbocycles. The van der Waals surface area contributed by atoms with Crippen LogP contribution >= 0.6 is 0 Å². The average molecular weight is 334 g/mol. The molecule has 1 aliphatic rings. The van der Waals surface area contributed by atoms with Crippen molar-refractivity contribution in [3.05, 3.63) is 23.8 Å². The van der Waals surface area contributed by atoms with E-state index in [2.05, 4.69) is 11.8 Å². The molecule has 1 aromatic rings. The second-order valence-corrected chi connectivity index (χ2v) is 5.52. The number of ether oxygens (including phenoxy) is 3. The van der Waals surface area contributed by atoms with Crippen molar-refractivity contribution in [2.45, 2.75) is 6.92 Å². The minimum Gasteiger partial charge on any atom is -0.493 e. The van der Waals surface area contributed by atoms with E-state index in [-0.39, 0.29) is 5.91 Å². The average Bonchev–Trinajstić information content (AvgIpc) is 2.64. The molecule has 24 heavy (non-hydrogen) atoms. The number of carbonyl (C=O) groups is 1. The molecule has 1 aliphatic heterocycles. The molecule has 0 spiro atoms. The molecule has 132 valence electrons. The van der Waals surface area contributed by atoms with Gasteiger partial charge in [-0.05, 0) is 24.8 Å². The van der Waals surface area contributed by atoms with Gasteiger partial charge in [-0.15, -0.1) is 0 Å². The van der Waals surface area contributed by atoms with Gasteiger partial charge in [0.1, 0.15) is 0 Å². The molecule has 6 heteroatoms. The Morgan fingerprint density at radius 2 is 1.71 bits per heavy atom. The van der Waals surface area contributed by atoms with Crippen LogP contribution in [-0.4, -0.2) is 69.8 Å².